The van der Waals surface area contributed by atoms with Crippen LogP contribution in [0.15, 0.2) is 6.07 Å². The number of nitrogens with zero attached hydrogens (tertiary/aromatic N) is 1. The van der Waals surface area contributed by atoms with E-state index in [1.807, 2.05) is 0 Å². The second kappa shape index (κ2) is 6.64. The summed E-state index contributed by atoms with van der Waals surface area (Å²) in [5, 5.41) is 0. The molecule has 20 heavy (non-hydrogen) atoms. The fraction of sp³-hybridized carbons (Fsp3) is 0.455. The number of rotatable bonds is 4. The monoisotopic (exact) mass is 409 g/mol. The molecule has 0 amide bonds. The molecular formula is C11H9F5INO2. The van der Waals surface area contributed by atoms with Crippen LogP contribution in [0.4, 0.5) is 22.0 Å². The van der Waals surface area contributed by atoms with Gasteiger partial charge in [0.25, 0.3) is 6.43 Å². The van der Waals surface area contributed by atoms with Crippen molar-refractivity contribution in [2.75, 3.05) is 6.61 Å². The predicted octanol–water partition coefficient (Wildman–Crippen LogP) is 3.75. The van der Waals surface area contributed by atoms with Crippen LogP contribution in [0.2, 0.25) is 0 Å². The number of aromatic nitrogens is 1. The molecule has 0 atom stereocenters. The summed E-state index contributed by atoms with van der Waals surface area (Å²) in [6.45, 7) is 1.58. The molecule has 0 spiro atoms. The van der Waals surface area contributed by atoms with E-state index in [1.165, 1.54) is 29.5 Å². The molecule has 0 aliphatic rings. The Labute approximate surface area is 124 Å². The molecular weight excluding hydrogens is 400 g/mol. The van der Waals surface area contributed by atoms with Gasteiger partial charge >= 0.3 is 12.1 Å². The van der Waals surface area contributed by atoms with Gasteiger partial charge in [-0.05, 0) is 35.6 Å². The highest BCUT2D eigenvalue weighted by atomic mass is 127. The van der Waals surface area contributed by atoms with Crippen molar-refractivity contribution in [2.24, 2.45) is 0 Å². The number of halogens is 6. The Balaban J connectivity index is 3.27. The van der Waals surface area contributed by atoms with Crippen LogP contribution in [0, 0.1) is 3.57 Å². The first-order valence-corrected chi connectivity index (χ1v) is 6.45. The first-order chi connectivity index (χ1) is 9.16. The summed E-state index contributed by atoms with van der Waals surface area (Å²) in [5.74, 6) is -0.797. The number of pyridine rings is 1. The zero-order valence-electron chi connectivity index (χ0n) is 10.1. The Morgan fingerprint density at radius 2 is 2.05 bits per heavy atom. The van der Waals surface area contributed by atoms with Crippen LogP contribution < -0.4 is 0 Å². The largest absolute Gasteiger partial charge is 0.466 e. The van der Waals surface area contributed by atoms with Gasteiger partial charge in [0.15, 0.2) is 0 Å². The smallest absolute Gasteiger partial charge is 0.433 e. The lowest BCUT2D eigenvalue weighted by molar-refractivity contribution is -0.142. The van der Waals surface area contributed by atoms with E-state index in [0.717, 1.165) is 0 Å². The molecule has 1 rings (SSSR count). The Morgan fingerprint density at radius 3 is 2.50 bits per heavy atom. The van der Waals surface area contributed by atoms with Gasteiger partial charge in [-0.2, -0.15) is 13.2 Å². The molecule has 9 heteroatoms. The minimum Gasteiger partial charge on any atom is -0.466 e. The van der Waals surface area contributed by atoms with Crippen LogP contribution in [0.3, 0.4) is 0 Å². The molecule has 0 radical (unpaired) electrons. The lowest BCUT2D eigenvalue weighted by Gasteiger charge is -2.14. The zero-order valence-corrected chi connectivity index (χ0v) is 12.3. The van der Waals surface area contributed by atoms with Gasteiger partial charge in [-0.3, -0.25) is 4.79 Å². The van der Waals surface area contributed by atoms with Crippen LogP contribution in [0.25, 0.3) is 0 Å². The molecule has 0 fully saturated rings. The minimum atomic E-state index is -4.83. The van der Waals surface area contributed by atoms with Gasteiger partial charge in [-0.1, -0.05) is 0 Å². The van der Waals surface area contributed by atoms with E-state index >= 15 is 0 Å². The van der Waals surface area contributed by atoms with Crippen LogP contribution in [-0.4, -0.2) is 17.6 Å². The van der Waals surface area contributed by atoms with Crippen molar-refractivity contribution in [3.05, 3.63) is 26.6 Å². The number of carbonyl (C=O) groups excluding carboxylic acids is 1. The van der Waals surface area contributed by atoms with Gasteiger partial charge in [0.2, 0.25) is 0 Å². The Kier molecular flexibility index (Phi) is 5.66. The fourth-order valence-corrected chi connectivity index (χ4v) is 2.18. The molecule has 1 aromatic rings. The Hall–Kier alpha value is -1.00. The van der Waals surface area contributed by atoms with Crippen molar-refractivity contribution in [3.63, 3.8) is 0 Å². The molecule has 0 saturated carbocycles. The average Bonchev–Trinajstić information content (AvgIpc) is 2.30. The van der Waals surface area contributed by atoms with Crippen molar-refractivity contribution >= 4 is 28.6 Å². The maximum atomic E-state index is 12.8. The lowest BCUT2D eigenvalue weighted by Crippen LogP contribution is -2.16. The molecule has 0 N–H and O–H groups in total. The summed E-state index contributed by atoms with van der Waals surface area (Å²) in [5.41, 5.74) is -2.70. The van der Waals surface area contributed by atoms with Crippen LogP contribution in [-0.2, 0) is 22.1 Å². The molecule has 0 aliphatic heterocycles. The standard InChI is InChI=1S/C11H9F5INO2/c1-2-20-8(19)3-5-6(17)4-7(11(14,15)16)18-9(5)10(12)13/h4,10H,2-3H2,1H3. The zero-order chi connectivity index (χ0) is 15.5. The highest BCUT2D eigenvalue weighted by Crippen LogP contribution is 2.33. The normalized spacial score (nSPS) is 11.8. The van der Waals surface area contributed by atoms with Crippen molar-refractivity contribution in [3.8, 4) is 0 Å². The third-order valence-corrected chi connectivity index (χ3v) is 3.19. The van der Waals surface area contributed by atoms with Gasteiger partial charge in [0, 0.05) is 9.13 Å². The van der Waals surface area contributed by atoms with Crippen molar-refractivity contribution in [2.45, 2.75) is 25.9 Å². The van der Waals surface area contributed by atoms with E-state index in [4.69, 9.17) is 0 Å². The van der Waals surface area contributed by atoms with Crippen molar-refractivity contribution in [1.82, 2.24) is 4.98 Å². The molecule has 0 saturated heterocycles. The molecule has 0 aromatic carbocycles. The molecule has 1 heterocycles. The van der Waals surface area contributed by atoms with Gasteiger partial charge in [0.05, 0.1) is 13.0 Å². The van der Waals surface area contributed by atoms with Gasteiger partial charge in [-0.15, -0.1) is 0 Å². The molecule has 0 unspecified atom stereocenters. The second-order valence-corrected chi connectivity index (χ2v) is 4.80. The maximum absolute atomic E-state index is 12.8. The van der Waals surface area contributed by atoms with E-state index in [2.05, 4.69) is 9.72 Å². The third kappa shape index (κ3) is 4.25. The van der Waals surface area contributed by atoms with Crippen LogP contribution in [0.5, 0.6) is 0 Å². The summed E-state index contributed by atoms with van der Waals surface area (Å²) in [6, 6.07) is 0.626. The summed E-state index contributed by atoms with van der Waals surface area (Å²) < 4.78 is 67.7. The predicted molar refractivity (Wildman–Crippen MR) is 67.2 cm³/mol. The first-order valence-electron chi connectivity index (χ1n) is 5.37. The average molecular weight is 409 g/mol. The fourth-order valence-electron chi connectivity index (χ4n) is 1.42. The highest BCUT2D eigenvalue weighted by Gasteiger charge is 2.35. The number of carbonyl (C=O) groups is 1. The third-order valence-electron chi connectivity index (χ3n) is 2.23. The van der Waals surface area contributed by atoms with Gasteiger partial charge < -0.3 is 4.74 Å². The van der Waals surface area contributed by atoms with E-state index in [0.29, 0.717) is 6.07 Å². The van der Waals surface area contributed by atoms with E-state index in [1.54, 1.807) is 0 Å². The Morgan fingerprint density at radius 1 is 1.45 bits per heavy atom. The van der Waals surface area contributed by atoms with Gasteiger partial charge in [-0.25, -0.2) is 13.8 Å². The quantitative estimate of drug-likeness (QED) is 0.432. The minimum absolute atomic E-state index is 0.0491. The molecule has 112 valence electrons. The summed E-state index contributed by atoms with van der Waals surface area (Å²) in [6.07, 6.45) is -8.58. The summed E-state index contributed by atoms with van der Waals surface area (Å²) in [7, 11) is 0. The summed E-state index contributed by atoms with van der Waals surface area (Å²) in [4.78, 5) is 14.2. The van der Waals surface area contributed by atoms with E-state index in [9.17, 15) is 26.7 Å². The molecule has 1 aromatic heterocycles. The number of alkyl halides is 5. The van der Waals surface area contributed by atoms with Crippen LogP contribution >= 0.6 is 22.6 Å². The highest BCUT2D eigenvalue weighted by molar-refractivity contribution is 14.1. The van der Waals surface area contributed by atoms with Crippen molar-refractivity contribution in [1.29, 1.82) is 0 Å². The Bertz CT molecular complexity index is 504. The molecule has 0 bridgehead atoms. The summed E-state index contributed by atoms with van der Waals surface area (Å²) >= 11 is 1.47. The van der Waals surface area contributed by atoms with E-state index in [-0.39, 0.29) is 15.7 Å². The lowest BCUT2D eigenvalue weighted by atomic mass is 10.1. The molecule has 0 aliphatic carbocycles. The van der Waals surface area contributed by atoms with E-state index < -0.39 is 36.4 Å². The number of hydrogen-bond donors (Lipinski definition) is 0. The first kappa shape index (κ1) is 17.1. The van der Waals surface area contributed by atoms with Crippen molar-refractivity contribution < 1.29 is 31.5 Å². The number of ether oxygens (including phenoxy) is 1. The maximum Gasteiger partial charge on any atom is 0.433 e. The number of hydrogen-bond acceptors (Lipinski definition) is 3. The topological polar surface area (TPSA) is 39.2 Å². The van der Waals surface area contributed by atoms with Gasteiger partial charge in [0.1, 0.15) is 11.4 Å². The SMILES string of the molecule is CCOC(=O)Cc1c(I)cc(C(F)(F)F)nc1C(F)F. The second-order valence-electron chi connectivity index (χ2n) is 3.63. The molecule has 3 nitrogen and oxygen atoms in total. The van der Waals surface area contributed by atoms with Crippen LogP contribution in [0.1, 0.15) is 30.3 Å². The number of esters is 1.